The number of carbonyl (C=O) groups is 1. The van der Waals surface area contributed by atoms with Gasteiger partial charge in [0.1, 0.15) is 11.6 Å². The predicted octanol–water partition coefficient (Wildman–Crippen LogP) is 3.33. The first-order chi connectivity index (χ1) is 11.6. The molecule has 1 heterocycles. The first-order valence-corrected chi connectivity index (χ1v) is 7.37. The van der Waals surface area contributed by atoms with Gasteiger partial charge in [0.05, 0.1) is 13.7 Å². The highest BCUT2D eigenvalue weighted by atomic mass is 19.1. The monoisotopic (exact) mass is 325 g/mol. The Kier molecular flexibility index (Phi) is 4.56. The van der Waals surface area contributed by atoms with Crippen molar-refractivity contribution in [1.82, 2.24) is 9.78 Å². The summed E-state index contributed by atoms with van der Waals surface area (Å²) in [4.78, 5) is 12.2. The molecule has 1 aromatic heterocycles. The standard InChI is InChI=1S/C18H16FN3O2/c1-24-16-8-4-14(5-9-16)18(23)20-17-10-11-22(21-17)12-13-2-6-15(19)7-3-13/h2-11H,12H2,1H3,(H,20,21,23). The van der Waals surface area contributed by atoms with Gasteiger partial charge in [-0.3, -0.25) is 9.48 Å². The second kappa shape index (κ2) is 6.95. The van der Waals surface area contributed by atoms with Crippen molar-refractivity contribution in [3.8, 4) is 5.75 Å². The molecule has 3 rings (SSSR count). The van der Waals surface area contributed by atoms with Crippen LogP contribution in [0.4, 0.5) is 10.2 Å². The summed E-state index contributed by atoms with van der Waals surface area (Å²) in [6.45, 7) is 0.499. The van der Waals surface area contributed by atoms with Crippen LogP contribution in [0.25, 0.3) is 0 Å². The van der Waals surface area contributed by atoms with Gasteiger partial charge in [-0.05, 0) is 42.0 Å². The third-order valence-corrected chi connectivity index (χ3v) is 3.49. The van der Waals surface area contributed by atoms with Crippen LogP contribution in [0.15, 0.2) is 60.8 Å². The maximum absolute atomic E-state index is 12.9. The number of nitrogens with one attached hydrogen (secondary N) is 1. The van der Waals surface area contributed by atoms with Gasteiger partial charge in [0.25, 0.3) is 5.91 Å². The zero-order chi connectivity index (χ0) is 16.9. The lowest BCUT2D eigenvalue weighted by Gasteiger charge is -2.04. The largest absolute Gasteiger partial charge is 0.497 e. The minimum atomic E-state index is -0.272. The minimum Gasteiger partial charge on any atom is -0.497 e. The van der Waals surface area contributed by atoms with E-state index in [0.717, 1.165) is 5.56 Å². The molecule has 2 aromatic carbocycles. The summed E-state index contributed by atoms with van der Waals surface area (Å²) in [5.41, 5.74) is 1.44. The highest BCUT2D eigenvalue weighted by molar-refractivity contribution is 6.03. The van der Waals surface area contributed by atoms with Crippen LogP contribution in [0.2, 0.25) is 0 Å². The molecule has 0 atom stereocenters. The first kappa shape index (κ1) is 15.7. The fraction of sp³-hybridized carbons (Fsp3) is 0.111. The highest BCUT2D eigenvalue weighted by Crippen LogP contribution is 2.13. The van der Waals surface area contributed by atoms with Crippen LogP contribution in [0.3, 0.4) is 0 Å². The van der Waals surface area contributed by atoms with E-state index in [2.05, 4.69) is 10.4 Å². The number of hydrogen-bond donors (Lipinski definition) is 1. The summed E-state index contributed by atoms with van der Waals surface area (Å²) in [6.07, 6.45) is 1.76. The smallest absolute Gasteiger partial charge is 0.256 e. The van der Waals surface area contributed by atoms with Crippen molar-refractivity contribution in [2.75, 3.05) is 12.4 Å². The number of carbonyl (C=O) groups excluding carboxylic acids is 1. The maximum Gasteiger partial charge on any atom is 0.256 e. The number of ether oxygens (including phenoxy) is 1. The lowest BCUT2D eigenvalue weighted by atomic mass is 10.2. The van der Waals surface area contributed by atoms with Gasteiger partial charge in [-0.15, -0.1) is 0 Å². The Morgan fingerprint density at radius 3 is 2.50 bits per heavy atom. The van der Waals surface area contributed by atoms with Gasteiger partial charge >= 0.3 is 0 Å². The molecule has 1 amide bonds. The SMILES string of the molecule is COc1ccc(C(=O)Nc2ccn(Cc3ccc(F)cc3)n2)cc1. The van der Waals surface area contributed by atoms with Crippen molar-refractivity contribution < 1.29 is 13.9 Å². The van der Waals surface area contributed by atoms with Gasteiger partial charge in [0.2, 0.25) is 0 Å². The Hall–Kier alpha value is -3.15. The second-order valence-electron chi connectivity index (χ2n) is 5.21. The molecule has 0 bridgehead atoms. The van der Waals surface area contributed by atoms with E-state index in [1.807, 2.05) is 0 Å². The molecule has 6 heteroatoms. The average Bonchev–Trinajstić information content (AvgIpc) is 3.04. The van der Waals surface area contributed by atoms with Gasteiger partial charge in [0, 0.05) is 17.8 Å². The van der Waals surface area contributed by atoms with Crippen LogP contribution in [0, 0.1) is 5.82 Å². The summed E-state index contributed by atoms with van der Waals surface area (Å²) < 4.78 is 19.6. The number of halogens is 1. The Labute approximate surface area is 138 Å². The predicted molar refractivity (Wildman–Crippen MR) is 88.7 cm³/mol. The van der Waals surface area contributed by atoms with Crippen LogP contribution < -0.4 is 10.1 Å². The van der Waals surface area contributed by atoms with Crippen molar-refractivity contribution in [2.45, 2.75) is 6.54 Å². The molecular formula is C18H16FN3O2. The molecule has 1 N–H and O–H groups in total. The molecule has 0 saturated heterocycles. The van der Waals surface area contributed by atoms with Crippen LogP contribution in [0.5, 0.6) is 5.75 Å². The fourth-order valence-corrected chi connectivity index (χ4v) is 2.22. The first-order valence-electron chi connectivity index (χ1n) is 7.37. The molecule has 0 aliphatic heterocycles. The van der Waals surface area contributed by atoms with Crippen LogP contribution in [0.1, 0.15) is 15.9 Å². The quantitative estimate of drug-likeness (QED) is 0.783. The topological polar surface area (TPSA) is 56.1 Å². The molecule has 122 valence electrons. The van der Waals surface area contributed by atoms with Crippen molar-refractivity contribution in [2.24, 2.45) is 0 Å². The summed E-state index contributed by atoms with van der Waals surface area (Å²) in [6, 6.07) is 14.7. The highest BCUT2D eigenvalue weighted by Gasteiger charge is 2.08. The summed E-state index contributed by atoms with van der Waals surface area (Å²) in [5, 5.41) is 7.03. The van der Waals surface area contributed by atoms with Crippen LogP contribution in [-0.4, -0.2) is 22.8 Å². The van der Waals surface area contributed by atoms with Gasteiger partial charge in [-0.2, -0.15) is 5.10 Å². The molecule has 0 unspecified atom stereocenters. The number of amides is 1. The number of aromatic nitrogens is 2. The normalized spacial score (nSPS) is 10.4. The zero-order valence-corrected chi connectivity index (χ0v) is 13.1. The average molecular weight is 325 g/mol. The van der Waals surface area contributed by atoms with Crippen molar-refractivity contribution in [3.63, 3.8) is 0 Å². The molecule has 0 aliphatic carbocycles. The van der Waals surface area contributed by atoms with Gasteiger partial charge in [-0.1, -0.05) is 12.1 Å². The number of methoxy groups -OCH3 is 1. The number of hydrogen-bond acceptors (Lipinski definition) is 3. The van der Waals surface area contributed by atoms with E-state index >= 15 is 0 Å². The van der Waals surface area contributed by atoms with E-state index in [1.165, 1.54) is 12.1 Å². The van der Waals surface area contributed by atoms with E-state index < -0.39 is 0 Å². The zero-order valence-electron chi connectivity index (χ0n) is 13.1. The lowest BCUT2D eigenvalue weighted by molar-refractivity contribution is 0.102. The molecule has 5 nitrogen and oxygen atoms in total. The minimum absolute atomic E-state index is 0.246. The van der Waals surface area contributed by atoms with Gasteiger partial charge in [0.15, 0.2) is 5.82 Å². The van der Waals surface area contributed by atoms with E-state index in [-0.39, 0.29) is 11.7 Å². The van der Waals surface area contributed by atoms with E-state index in [1.54, 1.807) is 60.5 Å². The third kappa shape index (κ3) is 3.78. The van der Waals surface area contributed by atoms with Crippen molar-refractivity contribution >= 4 is 11.7 Å². The van der Waals surface area contributed by atoms with Gasteiger partial charge < -0.3 is 10.1 Å². The second-order valence-corrected chi connectivity index (χ2v) is 5.21. The van der Waals surface area contributed by atoms with Crippen molar-refractivity contribution in [3.05, 3.63) is 77.7 Å². The number of benzene rings is 2. The summed E-state index contributed by atoms with van der Waals surface area (Å²) in [7, 11) is 1.57. The van der Waals surface area contributed by atoms with Crippen molar-refractivity contribution in [1.29, 1.82) is 0 Å². The Morgan fingerprint density at radius 2 is 1.83 bits per heavy atom. The fourth-order valence-electron chi connectivity index (χ4n) is 2.22. The number of rotatable bonds is 5. The van der Waals surface area contributed by atoms with Crippen LogP contribution in [-0.2, 0) is 6.54 Å². The van der Waals surface area contributed by atoms with Gasteiger partial charge in [-0.25, -0.2) is 4.39 Å². The number of anilines is 1. The lowest BCUT2D eigenvalue weighted by Crippen LogP contribution is -2.12. The Balaban J connectivity index is 1.64. The molecule has 24 heavy (non-hydrogen) atoms. The molecule has 0 radical (unpaired) electrons. The van der Waals surface area contributed by atoms with Crippen LogP contribution >= 0.6 is 0 Å². The van der Waals surface area contributed by atoms with E-state index in [9.17, 15) is 9.18 Å². The number of nitrogens with zero attached hydrogens (tertiary/aromatic N) is 2. The summed E-state index contributed by atoms with van der Waals surface area (Å²) >= 11 is 0. The summed E-state index contributed by atoms with van der Waals surface area (Å²) in [5.74, 6) is 0.629. The molecule has 0 saturated carbocycles. The molecule has 0 spiro atoms. The molecular weight excluding hydrogens is 309 g/mol. The molecule has 0 aliphatic rings. The Bertz CT molecular complexity index is 826. The molecule has 3 aromatic rings. The maximum atomic E-state index is 12.9. The van der Waals surface area contributed by atoms with E-state index in [0.29, 0.717) is 23.7 Å². The third-order valence-electron chi connectivity index (χ3n) is 3.49. The van der Waals surface area contributed by atoms with E-state index in [4.69, 9.17) is 4.74 Å². The molecule has 0 fully saturated rings. The Morgan fingerprint density at radius 1 is 1.12 bits per heavy atom.